The zero-order chi connectivity index (χ0) is 16.8. The lowest BCUT2D eigenvalue weighted by Gasteiger charge is -2.13. The number of anilines is 1. The minimum absolute atomic E-state index is 0.149. The summed E-state index contributed by atoms with van der Waals surface area (Å²) in [6.45, 7) is 1.41. The second-order valence-corrected chi connectivity index (χ2v) is 4.58. The minimum atomic E-state index is -1.06. The van der Waals surface area contributed by atoms with Crippen molar-refractivity contribution in [2.24, 2.45) is 0 Å². The number of rotatable bonds is 5. The fraction of sp³-hybridized carbons (Fsp3) is 0.133. The van der Waals surface area contributed by atoms with Crippen LogP contribution in [0.15, 0.2) is 48.8 Å². The van der Waals surface area contributed by atoms with Gasteiger partial charge in [0.25, 0.3) is 11.6 Å². The van der Waals surface area contributed by atoms with Gasteiger partial charge in [-0.15, -0.1) is 0 Å². The van der Waals surface area contributed by atoms with Crippen molar-refractivity contribution in [1.29, 1.82) is 0 Å². The molecule has 1 aromatic heterocycles. The van der Waals surface area contributed by atoms with Crippen LogP contribution in [0.2, 0.25) is 0 Å². The van der Waals surface area contributed by atoms with Crippen molar-refractivity contribution in [3.05, 3.63) is 64.5 Å². The van der Waals surface area contributed by atoms with Crippen molar-refractivity contribution in [3.63, 3.8) is 0 Å². The molecule has 1 heterocycles. The maximum Gasteiger partial charge on any atom is 0.339 e. The summed E-state index contributed by atoms with van der Waals surface area (Å²) < 4.78 is 5.04. The predicted octanol–water partition coefficient (Wildman–Crippen LogP) is 2.17. The van der Waals surface area contributed by atoms with Gasteiger partial charge >= 0.3 is 5.97 Å². The average Bonchev–Trinajstić information content (AvgIpc) is 2.55. The highest BCUT2D eigenvalue weighted by molar-refractivity contribution is 5.97. The first-order valence-corrected chi connectivity index (χ1v) is 6.63. The highest BCUT2D eigenvalue weighted by Crippen LogP contribution is 2.17. The largest absolute Gasteiger partial charge is 0.449 e. The molecule has 1 N–H and O–H groups in total. The van der Waals surface area contributed by atoms with Crippen LogP contribution in [0.3, 0.4) is 0 Å². The van der Waals surface area contributed by atoms with Crippen molar-refractivity contribution >= 4 is 23.3 Å². The van der Waals surface area contributed by atoms with Gasteiger partial charge in [0.05, 0.1) is 10.5 Å². The fourth-order valence-electron chi connectivity index (χ4n) is 1.71. The van der Waals surface area contributed by atoms with Gasteiger partial charge < -0.3 is 10.1 Å². The van der Waals surface area contributed by atoms with Crippen LogP contribution >= 0.6 is 0 Å². The Labute approximate surface area is 131 Å². The number of hydrogen-bond acceptors (Lipinski definition) is 6. The number of ether oxygens (including phenoxy) is 1. The first-order valence-electron chi connectivity index (χ1n) is 6.63. The Bertz CT molecular complexity index is 733. The zero-order valence-corrected chi connectivity index (χ0v) is 12.1. The molecule has 0 saturated heterocycles. The van der Waals surface area contributed by atoms with E-state index in [-0.39, 0.29) is 16.9 Å². The number of esters is 1. The minimum Gasteiger partial charge on any atom is -0.449 e. The standard InChI is InChI=1S/C15H13N3O5/c1-10(23-15(20)11-5-7-16-8-6-11)14(19)17-12-3-2-4-13(9-12)18(21)22/h2-10H,1H3,(H,17,19)/t10-/m1/s1. The molecule has 0 aliphatic heterocycles. The molecule has 8 heteroatoms. The smallest absolute Gasteiger partial charge is 0.339 e. The summed E-state index contributed by atoms with van der Waals surface area (Å²) in [6, 6.07) is 8.41. The molecule has 2 rings (SSSR count). The molecule has 23 heavy (non-hydrogen) atoms. The number of hydrogen-bond donors (Lipinski definition) is 1. The molecule has 2 aromatic rings. The number of nitro groups is 1. The van der Waals surface area contributed by atoms with Crippen LogP contribution in [-0.2, 0) is 9.53 Å². The van der Waals surface area contributed by atoms with Crippen molar-refractivity contribution < 1.29 is 19.2 Å². The first-order chi connectivity index (χ1) is 11.0. The maximum absolute atomic E-state index is 12.0. The van der Waals surface area contributed by atoms with Gasteiger partial charge in [0.2, 0.25) is 0 Å². The van der Waals surface area contributed by atoms with Crippen LogP contribution < -0.4 is 5.32 Å². The SMILES string of the molecule is C[C@@H](OC(=O)c1ccncc1)C(=O)Nc1cccc([N+](=O)[O-])c1. The van der Waals surface area contributed by atoms with Gasteiger partial charge in [-0.2, -0.15) is 0 Å². The molecule has 1 amide bonds. The van der Waals surface area contributed by atoms with Crippen LogP contribution in [-0.4, -0.2) is 27.9 Å². The molecule has 0 radical (unpaired) electrons. The van der Waals surface area contributed by atoms with Gasteiger partial charge in [0, 0.05) is 30.2 Å². The second kappa shape index (κ2) is 7.12. The average molecular weight is 315 g/mol. The molecule has 0 bridgehead atoms. The van der Waals surface area contributed by atoms with Gasteiger partial charge in [0.1, 0.15) is 0 Å². The lowest BCUT2D eigenvalue weighted by atomic mass is 10.2. The Morgan fingerprint density at radius 1 is 1.26 bits per heavy atom. The van der Waals surface area contributed by atoms with E-state index < -0.39 is 22.9 Å². The zero-order valence-electron chi connectivity index (χ0n) is 12.1. The lowest BCUT2D eigenvalue weighted by Crippen LogP contribution is -2.30. The molecule has 0 fully saturated rings. The fourth-order valence-corrected chi connectivity index (χ4v) is 1.71. The Balaban J connectivity index is 1.99. The van der Waals surface area contributed by atoms with E-state index in [1.807, 2.05) is 0 Å². The number of amides is 1. The van der Waals surface area contributed by atoms with E-state index in [1.165, 1.54) is 55.7 Å². The number of pyridine rings is 1. The summed E-state index contributed by atoms with van der Waals surface area (Å²) in [5.74, 6) is -1.25. The molecule has 1 aromatic carbocycles. The molecule has 0 aliphatic carbocycles. The quantitative estimate of drug-likeness (QED) is 0.514. The number of benzene rings is 1. The summed E-state index contributed by atoms with van der Waals surface area (Å²) in [5, 5.41) is 13.2. The van der Waals surface area contributed by atoms with E-state index in [4.69, 9.17) is 4.74 Å². The molecule has 0 unspecified atom stereocenters. The van der Waals surface area contributed by atoms with E-state index in [0.29, 0.717) is 0 Å². The highest BCUT2D eigenvalue weighted by atomic mass is 16.6. The molecule has 0 spiro atoms. The lowest BCUT2D eigenvalue weighted by molar-refractivity contribution is -0.384. The number of aromatic nitrogens is 1. The summed E-state index contributed by atoms with van der Waals surface area (Å²) in [5.41, 5.74) is 0.371. The third kappa shape index (κ3) is 4.34. The normalized spacial score (nSPS) is 11.3. The maximum atomic E-state index is 12.0. The van der Waals surface area contributed by atoms with Crippen molar-refractivity contribution in [2.45, 2.75) is 13.0 Å². The Kier molecular flexibility index (Phi) is 4.98. The van der Waals surface area contributed by atoms with Gasteiger partial charge in [-0.3, -0.25) is 19.9 Å². The first kappa shape index (κ1) is 16.1. The number of carbonyl (C=O) groups is 2. The van der Waals surface area contributed by atoms with Gasteiger partial charge in [-0.25, -0.2) is 4.79 Å². The van der Waals surface area contributed by atoms with Crippen LogP contribution in [0.5, 0.6) is 0 Å². The molecular weight excluding hydrogens is 302 g/mol. The number of non-ortho nitro benzene ring substituents is 1. The van der Waals surface area contributed by atoms with Gasteiger partial charge in [-0.1, -0.05) is 6.07 Å². The Hall–Kier alpha value is -3.29. The van der Waals surface area contributed by atoms with E-state index >= 15 is 0 Å². The third-order valence-corrected chi connectivity index (χ3v) is 2.89. The summed E-state index contributed by atoms with van der Waals surface area (Å²) in [4.78, 5) is 37.7. The highest BCUT2D eigenvalue weighted by Gasteiger charge is 2.19. The summed E-state index contributed by atoms with van der Waals surface area (Å²) in [6.07, 6.45) is 1.81. The number of carbonyl (C=O) groups excluding carboxylic acids is 2. The molecule has 1 atom stereocenters. The second-order valence-electron chi connectivity index (χ2n) is 4.58. The summed E-state index contributed by atoms with van der Waals surface area (Å²) in [7, 11) is 0. The molecule has 0 saturated carbocycles. The molecule has 118 valence electrons. The van der Waals surface area contributed by atoms with Gasteiger partial charge in [0.15, 0.2) is 6.10 Å². The van der Waals surface area contributed by atoms with Gasteiger partial charge in [-0.05, 0) is 25.1 Å². The predicted molar refractivity (Wildman–Crippen MR) is 80.8 cm³/mol. The Morgan fingerprint density at radius 3 is 2.61 bits per heavy atom. The molecule has 0 aliphatic rings. The van der Waals surface area contributed by atoms with Crippen molar-refractivity contribution in [1.82, 2.24) is 4.98 Å². The topological polar surface area (TPSA) is 111 Å². The number of nitro benzene ring substituents is 1. The van der Waals surface area contributed by atoms with Crippen LogP contribution in [0.4, 0.5) is 11.4 Å². The monoisotopic (exact) mass is 315 g/mol. The Morgan fingerprint density at radius 2 is 1.96 bits per heavy atom. The number of nitrogens with one attached hydrogen (secondary N) is 1. The van der Waals surface area contributed by atoms with E-state index in [9.17, 15) is 19.7 Å². The van der Waals surface area contributed by atoms with Crippen LogP contribution in [0.25, 0.3) is 0 Å². The van der Waals surface area contributed by atoms with E-state index in [1.54, 1.807) is 0 Å². The van der Waals surface area contributed by atoms with E-state index in [2.05, 4.69) is 10.3 Å². The molecular formula is C15H13N3O5. The number of nitrogens with zero attached hydrogens (tertiary/aromatic N) is 2. The van der Waals surface area contributed by atoms with Crippen molar-refractivity contribution in [2.75, 3.05) is 5.32 Å². The van der Waals surface area contributed by atoms with E-state index in [0.717, 1.165) is 0 Å². The molecule has 8 nitrogen and oxygen atoms in total. The van der Waals surface area contributed by atoms with Crippen LogP contribution in [0, 0.1) is 10.1 Å². The van der Waals surface area contributed by atoms with Crippen LogP contribution in [0.1, 0.15) is 17.3 Å². The summed E-state index contributed by atoms with van der Waals surface area (Å²) >= 11 is 0. The van der Waals surface area contributed by atoms with Crippen molar-refractivity contribution in [3.8, 4) is 0 Å². The third-order valence-electron chi connectivity index (χ3n) is 2.89.